The third-order valence-electron chi connectivity index (χ3n) is 3.22. The van der Waals surface area contributed by atoms with E-state index in [1.807, 2.05) is 20.8 Å². The number of hydrogen-bond donors (Lipinski definition) is 1. The van der Waals surface area contributed by atoms with Crippen molar-refractivity contribution in [3.05, 3.63) is 6.20 Å². The van der Waals surface area contributed by atoms with E-state index in [9.17, 15) is 8.42 Å². The highest BCUT2D eigenvalue weighted by atomic mass is 32.2. The van der Waals surface area contributed by atoms with Gasteiger partial charge in [-0.05, 0) is 27.2 Å². The highest BCUT2D eigenvalue weighted by Gasteiger charge is 2.30. The Morgan fingerprint density at radius 3 is 2.45 bits per heavy atom. The average molecular weight is 302 g/mol. The number of aryl methyl sites for hydroxylation is 1. The molecule has 0 bridgehead atoms. The Bertz CT molecular complexity index is 522. The van der Waals surface area contributed by atoms with E-state index < -0.39 is 10.0 Å². The Hall–Kier alpha value is -1.08. The minimum absolute atomic E-state index is 0.0768. The molecule has 0 aliphatic rings. The van der Waals surface area contributed by atoms with E-state index >= 15 is 0 Å². The van der Waals surface area contributed by atoms with Gasteiger partial charge in [-0.1, -0.05) is 19.8 Å². The molecule has 1 heterocycles. The van der Waals surface area contributed by atoms with Gasteiger partial charge in [0.05, 0.1) is 0 Å². The first-order valence-corrected chi connectivity index (χ1v) is 8.63. The van der Waals surface area contributed by atoms with Gasteiger partial charge in [0, 0.05) is 25.3 Å². The van der Waals surface area contributed by atoms with Crippen molar-refractivity contribution in [1.82, 2.24) is 14.1 Å². The van der Waals surface area contributed by atoms with Gasteiger partial charge in [0.25, 0.3) is 0 Å². The summed E-state index contributed by atoms with van der Waals surface area (Å²) in [6.45, 7) is 8.86. The van der Waals surface area contributed by atoms with Crippen molar-refractivity contribution >= 4 is 15.8 Å². The van der Waals surface area contributed by atoms with Crippen LogP contribution in [0.2, 0.25) is 0 Å². The molecule has 1 rings (SSSR count). The summed E-state index contributed by atoms with van der Waals surface area (Å²) in [5.74, 6) is 0.0768. The molecule has 0 aliphatic carbocycles. The van der Waals surface area contributed by atoms with Gasteiger partial charge >= 0.3 is 0 Å². The summed E-state index contributed by atoms with van der Waals surface area (Å²) in [7, 11) is -3.58. The van der Waals surface area contributed by atoms with E-state index in [1.165, 1.54) is 10.5 Å². The molecule has 0 amide bonds. The van der Waals surface area contributed by atoms with Gasteiger partial charge in [0.1, 0.15) is 4.90 Å². The van der Waals surface area contributed by atoms with Crippen LogP contribution in [0, 0.1) is 0 Å². The van der Waals surface area contributed by atoms with Crippen LogP contribution in [0.15, 0.2) is 11.1 Å². The summed E-state index contributed by atoms with van der Waals surface area (Å²) < 4.78 is 28.5. The fourth-order valence-electron chi connectivity index (χ4n) is 2.08. The molecule has 20 heavy (non-hydrogen) atoms. The molecular formula is C13H26N4O2S. The van der Waals surface area contributed by atoms with E-state index in [-0.39, 0.29) is 16.8 Å². The average Bonchev–Trinajstić information content (AvgIpc) is 2.76. The van der Waals surface area contributed by atoms with E-state index in [4.69, 9.17) is 5.73 Å². The molecule has 0 saturated carbocycles. The predicted molar refractivity (Wildman–Crippen MR) is 80.9 cm³/mol. The molecule has 0 aliphatic heterocycles. The van der Waals surface area contributed by atoms with Crippen LogP contribution in [0.1, 0.15) is 47.0 Å². The van der Waals surface area contributed by atoms with Gasteiger partial charge < -0.3 is 5.73 Å². The molecule has 0 fully saturated rings. The smallest absolute Gasteiger partial charge is 0.248 e. The molecule has 0 atom stereocenters. The minimum atomic E-state index is -3.58. The van der Waals surface area contributed by atoms with Crippen LogP contribution in [0.3, 0.4) is 0 Å². The largest absolute Gasteiger partial charge is 0.381 e. The predicted octanol–water partition coefficient (Wildman–Crippen LogP) is 2.07. The van der Waals surface area contributed by atoms with E-state index in [1.54, 1.807) is 4.68 Å². The summed E-state index contributed by atoms with van der Waals surface area (Å²) in [5, 5.41) is 4.02. The first-order valence-electron chi connectivity index (χ1n) is 7.19. The zero-order chi connectivity index (χ0) is 15.3. The van der Waals surface area contributed by atoms with E-state index in [0.29, 0.717) is 13.1 Å². The lowest BCUT2D eigenvalue weighted by atomic mass is 10.2. The molecule has 6 nitrogen and oxygen atoms in total. The zero-order valence-electron chi connectivity index (χ0n) is 12.8. The van der Waals surface area contributed by atoms with Crippen LogP contribution < -0.4 is 5.73 Å². The number of hydrogen-bond acceptors (Lipinski definition) is 4. The number of aromatic nitrogens is 2. The van der Waals surface area contributed by atoms with Gasteiger partial charge in [-0.25, -0.2) is 8.42 Å². The molecule has 0 spiro atoms. The van der Waals surface area contributed by atoms with Gasteiger partial charge in [0.2, 0.25) is 10.0 Å². The lowest BCUT2D eigenvalue weighted by Gasteiger charge is -2.25. The summed E-state index contributed by atoms with van der Waals surface area (Å²) in [6, 6.07) is -0.0961. The summed E-state index contributed by atoms with van der Waals surface area (Å²) in [5.41, 5.74) is 5.76. The number of sulfonamides is 1. The molecule has 7 heteroatoms. The number of rotatable bonds is 8. The maximum atomic E-state index is 12.7. The molecule has 1 aromatic heterocycles. The highest BCUT2D eigenvalue weighted by Crippen LogP contribution is 2.23. The summed E-state index contributed by atoms with van der Waals surface area (Å²) >= 11 is 0. The van der Waals surface area contributed by atoms with Crippen LogP contribution >= 0.6 is 0 Å². The van der Waals surface area contributed by atoms with Gasteiger partial charge in [-0.2, -0.15) is 9.40 Å². The second-order valence-electron chi connectivity index (χ2n) is 5.15. The topological polar surface area (TPSA) is 81.2 Å². The molecule has 1 aromatic rings. The second-order valence-corrected chi connectivity index (χ2v) is 7.01. The first-order chi connectivity index (χ1) is 9.34. The molecule has 116 valence electrons. The minimum Gasteiger partial charge on any atom is -0.381 e. The number of nitrogen functional groups attached to an aromatic ring is 1. The van der Waals surface area contributed by atoms with Crippen molar-refractivity contribution in [3.8, 4) is 0 Å². The monoisotopic (exact) mass is 302 g/mol. The lowest BCUT2D eigenvalue weighted by molar-refractivity contribution is 0.346. The van der Waals surface area contributed by atoms with E-state index in [2.05, 4.69) is 12.0 Å². The first kappa shape index (κ1) is 17.0. The van der Waals surface area contributed by atoms with Crippen molar-refractivity contribution in [2.75, 3.05) is 12.3 Å². The quantitative estimate of drug-likeness (QED) is 0.745. The Labute approximate surface area is 122 Å². The van der Waals surface area contributed by atoms with Crippen LogP contribution in [0.4, 0.5) is 5.82 Å². The van der Waals surface area contributed by atoms with Crippen LogP contribution in [0.5, 0.6) is 0 Å². The zero-order valence-corrected chi connectivity index (χ0v) is 13.7. The van der Waals surface area contributed by atoms with Gasteiger partial charge in [0.15, 0.2) is 5.82 Å². The number of nitrogens with two attached hydrogens (primary N) is 1. The van der Waals surface area contributed by atoms with Crippen LogP contribution in [-0.4, -0.2) is 35.1 Å². The van der Waals surface area contributed by atoms with Crippen molar-refractivity contribution in [3.63, 3.8) is 0 Å². The summed E-state index contributed by atoms with van der Waals surface area (Å²) in [6.07, 6.45) is 4.44. The number of anilines is 1. The molecular weight excluding hydrogens is 276 g/mol. The van der Waals surface area contributed by atoms with Crippen LogP contribution in [0.25, 0.3) is 0 Å². The third-order valence-corrected chi connectivity index (χ3v) is 5.32. The summed E-state index contributed by atoms with van der Waals surface area (Å²) in [4.78, 5) is 0.115. The molecule has 0 radical (unpaired) electrons. The second kappa shape index (κ2) is 7.08. The van der Waals surface area contributed by atoms with Gasteiger partial charge in [-0.3, -0.25) is 4.68 Å². The highest BCUT2D eigenvalue weighted by molar-refractivity contribution is 7.89. The molecule has 0 aromatic carbocycles. The van der Waals surface area contributed by atoms with Gasteiger partial charge in [-0.15, -0.1) is 0 Å². The standard InChI is InChI=1S/C13H26N4O2S/c1-5-7-8-9-17(11(3)4)20(18,19)12-10-16(6-2)15-13(12)14/h10-11H,5-9H2,1-4H3,(H2,14,15). The van der Waals surface area contributed by atoms with Crippen molar-refractivity contribution in [1.29, 1.82) is 0 Å². The Balaban J connectivity index is 3.06. The Kier molecular flexibility index (Phi) is 6.01. The number of unbranched alkanes of at least 4 members (excludes halogenated alkanes) is 2. The SMILES string of the molecule is CCCCCN(C(C)C)S(=O)(=O)c1cn(CC)nc1N. The maximum Gasteiger partial charge on any atom is 0.248 e. The molecule has 0 unspecified atom stereocenters. The number of nitrogens with zero attached hydrogens (tertiary/aromatic N) is 3. The lowest BCUT2D eigenvalue weighted by Crippen LogP contribution is -2.37. The Morgan fingerprint density at radius 2 is 2.00 bits per heavy atom. The third kappa shape index (κ3) is 3.73. The fourth-order valence-corrected chi connectivity index (χ4v) is 3.82. The van der Waals surface area contributed by atoms with E-state index in [0.717, 1.165) is 19.3 Å². The Morgan fingerprint density at radius 1 is 1.35 bits per heavy atom. The fraction of sp³-hybridized carbons (Fsp3) is 0.769. The van der Waals surface area contributed by atoms with Crippen LogP contribution in [-0.2, 0) is 16.6 Å². The molecule has 0 saturated heterocycles. The maximum absolute atomic E-state index is 12.7. The van der Waals surface area contributed by atoms with Crippen molar-refractivity contribution in [2.45, 2.75) is 64.4 Å². The van der Waals surface area contributed by atoms with Crippen molar-refractivity contribution < 1.29 is 8.42 Å². The normalized spacial score (nSPS) is 12.5. The van der Waals surface area contributed by atoms with Crippen molar-refractivity contribution in [2.24, 2.45) is 0 Å². The molecule has 2 N–H and O–H groups in total.